The van der Waals surface area contributed by atoms with Crippen LogP contribution in [0.25, 0.3) is 17.0 Å². The quantitative estimate of drug-likeness (QED) is 0.684. The molecule has 0 radical (unpaired) electrons. The van der Waals surface area contributed by atoms with Gasteiger partial charge in [0, 0.05) is 37.5 Å². The molecular weight excluding hydrogens is 352 g/mol. The van der Waals surface area contributed by atoms with Crippen molar-refractivity contribution in [3.05, 3.63) is 65.5 Å². The van der Waals surface area contributed by atoms with Crippen LogP contribution in [0.3, 0.4) is 0 Å². The topological polar surface area (TPSA) is 78.1 Å². The van der Waals surface area contributed by atoms with Crippen LogP contribution in [0.2, 0.25) is 0 Å². The van der Waals surface area contributed by atoms with Gasteiger partial charge in [0.1, 0.15) is 5.82 Å². The van der Waals surface area contributed by atoms with Crippen molar-refractivity contribution in [1.29, 1.82) is 0 Å². The summed E-state index contributed by atoms with van der Waals surface area (Å²) in [5.41, 5.74) is 4.01. The van der Waals surface area contributed by atoms with Gasteiger partial charge in [-0.15, -0.1) is 0 Å². The summed E-state index contributed by atoms with van der Waals surface area (Å²) in [4.78, 5) is 33.2. The van der Waals surface area contributed by atoms with Gasteiger partial charge >= 0.3 is 0 Å². The lowest BCUT2D eigenvalue weighted by Gasteiger charge is -2.24. The molecule has 2 aromatic heterocycles. The Bertz CT molecular complexity index is 1080. The molecule has 1 aromatic carbocycles. The first-order valence-electron chi connectivity index (χ1n) is 9.32. The lowest BCUT2D eigenvalue weighted by Crippen LogP contribution is -2.27. The van der Waals surface area contributed by atoms with Crippen LogP contribution in [-0.4, -0.2) is 33.7 Å². The second-order valence-electron chi connectivity index (χ2n) is 7.11. The van der Waals surface area contributed by atoms with Crippen LogP contribution in [0.4, 0.5) is 5.82 Å². The van der Waals surface area contributed by atoms with E-state index in [1.807, 2.05) is 37.4 Å². The average Bonchev–Trinajstić information content (AvgIpc) is 3.18. The van der Waals surface area contributed by atoms with Gasteiger partial charge in [0.05, 0.1) is 6.04 Å². The predicted octanol–water partition coefficient (Wildman–Crippen LogP) is 3.68. The fraction of sp³-hybridized carbons (Fsp3) is 0.227. The molecule has 1 atom stereocenters. The van der Waals surface area contributed by atoms with Crippen LogP contribution in [0.5, 0.6) is 0 Å². The summed E-state index contributed by atoms with van der Waals surface area (Å²) in [7, 11) is 1.80. The number of pyridine rings is 1. The third kappa shape index (κ3) is 3.53. The second-order valence-corrected chi connectivity index (χ2v) is 7.11. The van der Waals surface area contributed by atoms with Crippen molar-refractivity contribution in [2.45, 2.75) is 25.8 Å². The summed E-state index contributed by atoms with van der Waals surface area (Å²) in [5, 5.41) is 3.89. The minimum absolute atomic E-state index is 0.00749. The standard InChI is InChI=1S/C22H22N4O2/c1-14(16-4-6-19-17(12-16)9-10-23-19)26(2)21(28)8-3-15-11-18-5-7-20(27)25-22(18)24-13-15/h3-4,6,8-14,23H,5,7H2,1-2H3,(H,24,25,27)/b8-3+. The highest BCUT2D eigenvalue weighted by molar-refractivity contribution is 5.94. The fourth-order valence-electron chi connectivity index (χ4n) is 3.40. The number of anilines is 1. The molecule has 4 rings (SSSR count). The number of hydrogen-bond donors (Lipinski definition) is 2. The number of nitrogens with one attached hydrogen (secondary N) is 2. The van der Waals surface area contributed by atoms with E-state index in [2.05, 4.69) is 21.4 Å². The molecule has 0 saturated heterocycles. The molecule has 0 aliphatic carbocycles. The number of H-pyrrole nitrogens is 1. The molecule has 1 aliphatic rings. The van der Waals surface area contributed by atoms with Gasteiger partial charge in [-0.3, -0.25) is 9.59 Å². The Morgan fingerprint density at radius 3 is 2.96 bits per heavy atom. The van der Waals surface area contributed by atoms with Crippen LogP contribution in [-0.2, 0) is 16.0 Å². The maximum atomic E-state index is 12.6. The third-order valence-electron chi connectivity index (χ3n) is 5.27. The van der Waals surface area contributed by atoms with Gasteiger partial charge in [0.2, 0.25) is 11.8 Å². The zero-order valence-corrected chi connectivity index (χ0v) is 15.9. The van der Waals surface area contributed by atoms with Crippen LogP contribution >= 0.6 is 0 Å². The molecular formula is C22H22N4O2. The zero-order chi connectivity index (χ0) is 19.7. The first kappa shape index (κ1) is 18.0. The largest absolute Gasteiger partial charge is 0.361 e. The van der Waals surface area contributed by atoms with E-state index in [9.17, 15) is 9.59 Å². The third-order valence-corrected chi connectivity index (χ3v) is 5.27. The van der Waals surface area contributed by atoms with E-state index in [1.54, 1.807) is 30.3 Å². The van der Waals surface area contributed by atoms with Gasteiger partial charge in [-0.25, -0.2) is 4.98 Å². The van der Waals surface area contributed by atoms with Gasteiger partial charge in [-0.2, -0.15) is 0 Å². The number of aromatic nitrogens is 2. The van der Waals surface area contributed by atoms with Crippen molar-refractivity contribution in [3.8, 4) is 0 Å². The van der Waals surface area contributed by atoms with Crippen molar-refractivity contribution >= 4 is 34.6 Å². The van der Waals surface area contributed by atoms with Crippen molar-refractivity contribution in [3.63, 3.8) is 0 Å². The predicted molar refractivity (Wildman–Crippen MR) is 110 cm³/mol. The fourth-order valence-corrected chi connectivity index (χ4v) is 3.40. The summed E-state index contributed by atoms with van der Waals surface area (Å²) < 4.78 is 0. The minimum atomic E-state index is -0.0762. The minimum Gasteiger partial charge on any atom is -0.361 e. The van der Waals surface area contributed by atoms with Crippen molar-refractivity contribution < 1.29 is 9.59 Å². The van der Waals surface area contributed by atoms with Gasteiger partial charge in [0.15, 0.2) is 0 Å². The lowest BCUT2D eigenvalue weighted by atomic mass is 10.0. The molecule has 0 bridgehead atoms. The van der Waals surface area contributed by atoms with Crippen LogP contribution in [0.1, 0.15) is 36.1 Å². The molecule has 6 heteroatoms. The number of carbonyl (C=O) groups excluding carboxylic acids is 2. The summed E-state index contributed by atoms with van der Waals surface area (Å²) in [5.74, 6) is 0.533. The highest BCUT2D eigenvalue weighted by Gasteiger charge is 2.17. The molecule has 1 unspecified atom stereocenters. The molecule has 3 aromatic rings. The molecule has 28 heavy (non-hydrogen) atoms. The normalized spacial score (nSPS) is 14.7. The molecule has 6 nitrogen and oxygen atoms in total. The van der Waals surface area contributed by atoms with E-state index >= 15 is 0 Å². The van der Waals surface area contributed by atoms with E-state index < -0.39 is 0 Å². The Morgan fingerprint density at radius 1 is 1.25 bits per heavy atom. The SMILES string of the molecule is CC(c1ccc2[nH]ccc2c1)N(C)C(=O)/C=C/c1cnc2c(c1)CCC(=O)N2. The average molecular weight is 374 g/mol. The number of benzene rings is 1. The van der Waals surface area contributed by atoms with Crippen molar-refractivity contribution in [2.24, 2.45) is 0 Å². The summed E-state index contributed by atoms with van der Waals surface area (Å²) >= 11 is 0. The van der Waals surface area contributed by atoms with E-state index in [-0.39, 0.29) is 17.9 Å². The highest BCUT2D eigenvalue weighted by Crippen LogP contribution is 2.24. The van der Waals surface area contributed by atoms with E-state index in [4.69, 9.17) is 0 Å². The first-order chi connectivity index (χ1) is 13.5. The van der Waals surface area contributed by atoms with Crippen LogP contribution < -0.4 is 5.32 Å². The molecule has 2 amide bonds. The second kappa shape index (κ2) is 7.31. The van der Waals surface area contributed by atoms with Gasteiger partial charge in [-0.05, 0) is 65.8 Å². The molecule has 142 valence electrons. The molecule has 0 saturated carbocycles. The van der Waals surface area contributed by atoms with E-state index in [1.165, 1.54) is 0 Å². The first-order valence-corrected chi connectivity index (χ1v) is 9.32. The molecule has 0 fully saturated rings. The Labute approximate surface area is 163 Å². The Balaban J connectivity index is 1.47. The summed E-state index contributed by atoms with van der Waals surface area (Å²) in [6.45, 7) is 2.02. The number of amides is 2. The highest BCUT2D eigenvalue weighted by atomic mass is 16.2. The van der Waals surface area contributed by atoms with E-state index in [0.717, 1.165) is 27.6 Å². The number of likely N-dealkylation sites (N-methyl/N-ethyl adjacent to an activating group) is 1. The van der Waals surface area contributed by atoms with Crippen LogP contribution in [0.15, 0.2) is 48.8 Å². The van der Waals surface area contributed by atoms with E-state index in [0.29, 0.717) is 18.7 Å². The lowest BCUT2D eigenvalue weighted by molar-refractivity contribution is -0.126. The molecule has 0 spiro atoms. The van der Waals surface area contributed by atoms with Crippen molar-refractivity contribution in [2.75, 3.05) is 12.4 Å². The van der Waals surface area contributed by atoms with Gasteiger partial charge in [-0.1, -0.05) is 6.07 Å². The maximum absolute atomic E-state index is 12.6. The summed E-state index contributed by atoms with van der Waals surface area (Å²) in [6, 6.07) is 10.1. The monoisotopic (exact) mass is 374 g/mol. The molecule has 2 N–H and O–H groups in total. The Hall–Kier alpha value is -3.41. The molecule has 1 aliphatic heterocycles. The Morgan fingerprint density at radius 2 is 2.11 bits per heavy atom. The molecule has 3 heterocycles. The Kier molecular flexibility index (Phi) is 4.69. The number of fused-ring (bicyclic) bond motifs is 2. The van der Waals surface area contributed by atoms with Gasteiger partial charge in [0.25, 0.3) is 0 Å². The number of rotatable bonds is 4. The maximum Gasteiger partial charge on any atom is 0.246 e. The van der Waals surface area contributed by atoms with Crippen molar-refractivity contribution in [1.82, 2.24) is 14.9 Å². The number of aromatic amines is 1. The van der Waals surface area contributed by atoms with Gasteiger partial charge < -0.3 is 15.2 Å². The number of carbonyl (C=O) groups is 2. The number of nitrogens with zero attached hydrogens (tertiary/aromatic N) is 2. The number of aryl methyl sites for hydroxylation is 1. The smallest absolute Gasteiger partial charge is 0.246 e. The zero-order valence-electron chi connectivity index (χ0n) is 15.9. The summed E-state index contributed by atoms with van der Waals surface area (Å²) in [6.07, 6.45) is 8.04. The van der Waals surface area contributed by atoms with Crippen LogP contribution in [0, 0.1) is 0 Å². The number of hydrogen-bond acceptors (Lipinski definition) is 3.